The lowest BCUT2D eigenvalue weighted by Crippen LogP contribution is -2.44. The number of carboxylic acids is 1. The number of hydrogen-bond acceptors (Lipinski definition) is 4. The van der Waals surface area contributed by atoms with Crippen LogP contribution < -0.4 is 10.8 Å². The van der Waals surface area contributed by atoms with Crippen LogP contribution in [0.25, 0.3) is 0 Å². The molecule has 0 fully saturated rings. The number of carbonyl (C=O) groups is 2. The fourth-order valence-corrected chi connectivity index (χ4v) is 0.668. The van der Waals surface area contributed by atoms with Crippen LogP contribution >= 0.6 is 0 Å². The molecule has 4 N–H and O–H groups in total. The second-order valence-electron chi connectivity index (χ2n) is 2.31. The van der Waals surface area contributed by atoms with Crippen LogP contribution in [0.2, 0.25) is 0 Å². The summed E-state index contributed by atoms with van der Waals surface area (Å²) in [6.45, 7) is 3.60. The van der Waals surface area contributed by atoms with Crippen molar-refractivity contribution in [2.75, 3.05) is 6.54 Å². The van der Waals surface area contributed by atoms with Gasteiger partial charge in [0.2, 0.25) is 5.91 Å². The highest BCUT2D eigenvalue weighted by Crippen LogP contribution is 1.90. The molecule has 13 heavy (non-hydrogen) atoms. The van der Waals surface area contributed by atoms with Gasteiger partial charge in [0.15, 0.2) is 0 Å². The van der Waals surface area contributed by atoms with Crippen molar-refractivity contribution >= 4 is 11.9 Å². The zero-order valence-electron chi connectivity index (χ0n) is 6.99. The molecule has 0 rings (SSSR count). The summed E-state index contributed by atoms with van der Waals surface area (Å²) in [4.78, 5) is 21.2. The summed E-state index contributed by atoms with van der Waals surface area (Å²) in [5.74, 6) is -1.75. The van der Waals surface area contributed by atoms with Crippen LogP contribution in [0.1, 0.15) is 6.42 Å². The number of aliphatic carboxylic acids is 1. The molecule has 0 saturated heterocycles. The first-order chi connectivity index (χ1) is 6.11. The van der Waals surface area contributed by atoms with Crippen LogP contribution in [0.3, 0.4) is 0 Å². The Morgan fingerprint density at radius 3 is 2.54 bits per heavy atom. The van der Waals surface area contributed by atoms with E-state index in [1.807, 2.05) is 0 Å². The van der Waals surface area contributed by atoms with E-state index in [2.05, 4.69) is 11.9 Å². The number of hydroxylamine groups is 1. The van der Waals surface area contributed by atoms with Gasteiger partial charge in [0.05, 0.1) is 6.42 Å². The zero-order valence-corrected chi connectivity index (χ0v) is 6.99. The van der Waals surface area contributed by atoms with E-state index in [-0.39, 0.29) is 6.54 Å². The van der Waals surface area contributed by atoms with Crippen LogP contribution in [0, 0.1) is 0 Å². The van der Waals surface area contributed by atoms with Gasteiger partial charge in [0.1, 0.15) is 6.04 Å². The molecule has 0 radical (unpaired) electrons. The van der Waals surface area contributed by atoms with Crippen LogP contribution in [-0.2, 0) is 9.59 Å². The van der Waals surface area contributed by atoms with Gasteiger partial charge in [-0.15, -0.1) is 6.58 Å². The van der Waals surface area contributed by atoms with Crippen molar-refractivity contribution in [3.63, 3.8) is 0 Å². The van der Waals surface area contributed by atoms with Crippen molar-refractivity contribution in [2.24, 2.45) is 0 Å². The van der Waals surface area contributed by atoms with Gasteiger partial charge < -0.3 is 15.6 Å². The summed E-state index contributed by atoms with van der Waals surface area (Å²) in [5, 5.41) is 19.1. The molecule has 0 unspecified atom stereocenters. The average molecular weight is 188 g/mol. The lowest BCUT2D eigenvalue weighted by Gasteiger charge is -2.11. The molecule has 6 heteroatoms. The molecule has 0 aromatic heterocycles. The Bertz CT molecular complexity index is 205. The van der Waals surface area contributed by atoms with Gasteiger partial charge in [-0.25, -0.2) is 0 Å². The van der Waals surface area contributed by atoms with E-state index in [1.165, 1.54) is 6.08 Å². The van der Waals surface area contributed by atoms with Gasteiger partial charge in [-0.3, -0.25) is 9.59 Å². The summed E-state index contributed by atoms with van der Waals surface area (Å²) in [5.41, 5.74) is 1.61. The molecular weight excluding hydrogens is 176 g/mol. The van der Waals surface area contributed by atoms with Gasteiger partial charge in [-0.2, -0.15) is 5.48 Å². The van der Waals surface area contributed by atoms with E-state index < -0.39 is 24.3 Å². The zero-order chi connectivity index (χ0) is 10.3. The normalized spacial score (nSPS) is 11.8. The predicted molar refractivity (Wildman–Crippen MR) is 44.2 cm³/mol. The van der Waals surface area contributed by atoms with E-state index in [4.69, 9.17) is 10.3 Å². The van der Waals surface area contributed by atoms with Crippen LogP contribution in [0.5, 0.6) is 0 Å². The minimum Gasteiger partial charge on any atom is -0.481 e. The van der Waals surface area contributed by atoms with Crippen molar-refractivity contribution in [3.05, 3.63) is 12.7 Å². The first-order valence-corrected chi connectivity index (χ1v) is 3.61. The van der Waals surface area contributed by atoms with Gasteiger partial charge in [0, 0.05) is 6.54 Å². The Morgan fingerprint density at radius 1 is 1.54 bits per heavy atom. The number of carbonyl (C=O) groups excluding carboxylic acids is 1. The second-order valence-corrected chi connectivity index (χ2v) is 2.31. The second kappa shape index (κ2) is 6.15. The molecule has 0 aromatic rings. The Kier molecular flexibility index (Phi) is 5.49. The molecule has 6 nitrogen and oxygen atoms in total. The summed E-state index contributed by atoms with van der Waals surface area (Å²) in [6, 6.07) is -1.13. The lowest BCUT2D eigenvalue weighted by molar-refractivity contribution is -0.141. The summed E-state index contributed by atoms with van der Waals surface area (Å²) in [6.07, 6.45) is 0.979. The lowest BCUT2D eigenvalue weighted by atomic mass is 10.2. The standard InChI is InChI=1S/C7H12N2O4/c1-2-3-8-7(12)5(9-13)4-6(10)11/h2,5,9,13H,1,3-4H2,(H,8,12)(H,10,11)/t5-/m0/s1. The fraction of sp³-hybridized carbons (Fsp3) is 0.429. The Labute approximate surface area is 75.2 Å². The summed E-state index contributed by atoms with van der Waals surface area (Å²) >= 11 is 0. The SMILES string of the molecule is C=CCNC(=O)[C@H](CC(=O)O)NO. The number of rotatable bonds is 6. The number of carboxylic acid groups (broad SMARTS) is 1. The quantitative estimate of drug-likeness (QED) is 0.320. The molecule has 0 aliphatic heterocycles. The van der Waals surface area contributed by atoms with Gasteiger partial charge >= 0.3 is 5.97 Å². The maximum Gasteiger partial charge on any atom is 0.305 e. The molecule has 1 amide bonds. The van der Waals surface area contributed by atoms with Crippen LogP contribution in [-0.4, -0.2) is 34.8 Å². The smallest absolute Gasteiger partial charge is 0.305 e. The molecule has 0 aliphatic rings. The van der Waals surface area contributed by atoms with Crippen LogP contribution in [0.15, 0.2) is 12.7 Å². The van der Waals surface area contributed by atoms with Crippen molar-refractivity contribution in [2.45, 2.75) is 12.5 Å². The van der Waals surface area contributed by atoms with Crippen molar-refractivity contribution in [3.8, 4) is 0 Å². The molecule has 0 aromatic carbocycles. The Morgan fingerprint density at radius 2 is 2.15 bits per heavy atom. The Hall–Kier alpha value is -1.40. The minimum absolute atomic E-state index is 0.233. The first-order valence-electron chi connectivity index (χ1n) is 3.61. The highest BCUT2D eigenvalue weighted by Gasteiger charge is 2.19. The fourth-order valence-electron chi connectivity index (χ4n) is 0.668. The van der Waals surface area contributed by atoms with E-state index in [1.54, 1.807) is 5.48 Å². The molecule has 74 valence electrons. The number of nitrogens with one attached hydrogen (secondary N) is 2. The first kappa shape index (κ1) is 11.6. The Balaban J connectivity index is 3.98. The third kappa shape index (κ3) is 4.94. The highest BCUT2D eigenvalue weighted by molar-refractivity contribution is 5.85. The number of amides is 1. The third-order valence-electron chi connectivity index (χ3n) is 1.27. The monoisotopic (exact) mass is 188 g/mol. The maximum atomic E-state index is 11.0. The minimum atomic E-state index is -1.17. The summed E-state index contributed by atoms with van der Waals surface area (Å²) in [7, 11) is 0. The van der Waals surface area contributed by atoms with Crippen molar-refractivity contribution < 1.29 is 19.9 Å². The predicted octanol–water partition coefficient (Wildman–Crippen LogP) is -0.889. The van der Waals surface area contributed by atoms with E-state index in [0.717, 1.165) is 0 Å². The molecule has 0 aliphatic carbocycles. The molecule has 0 heterocycles. The van der Waals surface area contributed by atoms with E-state index >= 15 is 0 Å². The third-order valence-corrected chi connectivity index (χ3v) is 1.27. The molecular formula is C7H12N2O4. The van der Waals surface area contributed by atoms with Gasteiger partial charge in [-0.1, -0.05) is 6.08 Å². The van der Waals surface area contributed by atoms with Gasteiger partial charge in [-0.05, 0) is 0 Å². The molecule has 0 spiro atoms. The molecule has 1 atom stereocenters. The van der Waals surface area contributed by atoms with E-state index in [9.17, 15) is 9.59 Å². The largest absolute Gasteiger partial charge is 0.481 e. The van der Waals surface area contributed by atoms with E-state index in [0.29, 0.717) is 0 Å². The summed E-state index contributed by atoms with van der Waals surface area (Å²) < 4.78 is 0. The van der Waals surface area contributed by atoms with Crippen LogP contribution in [0.4, 0.5) is 0 Å². The topological polar surface area (TPSA) is 98.7 Å². The highest BCUT2D eigenvalue weighted by atomic mass is 16.5. The van der Waals surface area contributed by atoms with Gasteiger partial charge in [0.25, 0.3) is 0 Å². The number of hydrogen-bond donors (Lipinski definition) is 4. The van der Waals surface area contributed by atoms with Crippen molar-refractivity contribution in [1.29, 1.82) is 0 Å². The molecule has 0 bridgehead atoms. The maximum absolute atomic E-state index is 11.0. The van der Waals surface area contributed by atoms with Crippen molar-refractivity contribution in [1.82, 2.24) is 10.8 Å². The average Bonchev–Trinajstić information content (AvgIpc) is 2.09. The molecule has 0 saturated carbocycles.